The van der Waals surface area contributed by atoms with E-state index in [-0.39, 0.29) is 32.6 Å². The van der Waals surface area contributed by atoms with Gasteiger partial charge < -0.3 is 20.1 Å². The van der Waals surface area contributed by atoms with Crippen molar-refractivity contribution in [2.24, 2.45) is 5.73 Å². The number of carbonyl (C=O) groups excluding carboxylic acids is 2. The Balaban J connectivity index is 3.85. The Bertz CT molecular complexity index is 1560. The average Bonchev–Trinajstić information content (AvgIpc) is 3.38. The molecule has 0 aliphatic heterocycles. The molecule has 2 unspecified atom stereocenters. The summed E-state index contributed by atoms with van der Waals surface area (Å²) in [6.07, 6.45) is 78.8. The molecule has 0 aliphatic carbocycles. The van der Waals surface area contributed by atoms with E-state index in [0.29, 0.717) is 12.8 Å². The molecule has 0 saturated carbocycles. The Labute approximate surface area is 448 Å². The number of hydrogen-bond donors (Lipinski definition) is 2. The second-order valence-corrected chi connectivity index (χ2v) is 20.6. The first-order valence-corrected chi connectivity index (χ1v) is 30.9. The lowest BCUT2D eigenvalue weighted by Crippen LogP contribution is -2.29. The molecule has 0 aromatic heterocycles. The average molecular weight is 1040 g/mol. The molecule has 0 rings (SSSR count). The van der Waals surface area contributed by atoms with Crippen LogP contribution in [0.3, 0.4) is 0 Å². The highest BCUT2D eigenvalue weighted by molar-refractivity contribution is 7.47. The number of esters is 2. The van der Waals surface area contributed by atoms with Gasteiger partial charge in [0.15, 0.2) is 6.10 Å². The van der Waals surface area contributed by atoms with Gasteiger partial charge in [0.1, 0.15) is 6.61 Å². The zero-order chi connectivity index (χ0) is 53.1. The summed E-state index contributed by atoms with van der Waals surface area (Å²) in [5.74, 6) is -0.845. The molecule has 418 valence electrons. The smallest absolute Gasteiger partial charge is 0.462 e. The number of allylic oxidation sites excluding steroid dienone is 18. The minimum Gasteiger partial charge on any atom is -0.462 e. The lowest BCUT2D eigenvalue weighted by atomic mass is 10.0. The van der Waals surface area contributed by atoms with Crippen LogP contribution in [0.15, 0.2) is 109 Å². The molecule has 0 aromatic rings. The number of unbranched alkanes of at least 4 members (excludes halogenated alkanes) is 23. The number of nitrogens with two attached hydrogens (primary N) is 1. The minimum atomic E-state index is -4.39. The summed E-state index contributed by atoms with van der Waals surface area (Å²) in [5.41, 5.74) is 5.37. The molecule has 10 heteroatoms. The van der Waals surface area contributed by atoms with Crippen LogP contribution in [0.2, 0.25) is 0 Å². The van der Waals surface area contributed by atoms with Crippen LogP contribution < -0.4 is 5.73 Å². The lowest BCUT2D eigenvalue weighted by Gasteiger charge is -2.19. The summed E-state index contributed by atoms with van der Waals surface area (Å²) in [5, 5.41) is 0. The van der Waals surface area contributed by atoms with Gasteiger partial charge in [0, 0.05) is 19.4 Å². The van der Waals surface area contributed by atoms with Crippen LogP contribution in [0.1, 0.15) is 245 Å². The van der Waals surface area contributed by atoms with Crippen molar-refractivity contribution in [2.75, 3.05) is 26.4 Å². The number of phosphoric ester groups is 1. The number of hydrogen-bond acceptors (Lipinski definition) is 8. The van der Waals surface area contributed by atoms with E-state index in [9.17, 15) is 19.0 Å². The van der Waals surface area contributed by atoms with E-state index in [1.54, 1.807) is 0 Å². The first-order valence-electron chi connectivity index (χ1n) is 29.4. The van der Waals surface area contributed by atoms with Crippen LogP contribution >= 0.6 is 7.82 Å². The summed E-state index contributed by atoms with van der Waals surface area (Å²) < 4.78 is 32.9. The van der Waals surface area contributed by atoms with E-state index >= 15 is 0 Å². The standard InChI is InChI=1S/C63H108NO8P/c1-3-5-7-9-11-13-15-17-18-19-20-21-22-23-24-25-26-27-28-29-30-31-32-33-34-35-36-37-38-39-40-41-42-44-46-48-50-52-54-56-63(66)72-61(60-71-73(67,68)70-58-57-64)59-69-62(65)55-53-51-49-47-45-43-16-14-12-10-8-6-4-2/h5,7-8,10-11,13-14,16-18,20-21,23-24,26-27,29-30,61H,3-4,6,9,12,15,19,22,25,28,31-60,64H2,1-2H3,(H,67,68)/b7-5-,10-8-,13-11-,16-14-,18-17-,21-20-,24-23-,27-26-,30-29-. The van der Waals surface area contributed by atoms with Crippen LogP contribution in [0.5, 0.6) is 0 Å². The van der Waals surface area contributed by atoms with Crippen LogP contribution in [0.25, 0.3) is 0 Å². The molecular weight excluding hydrogens is 930 g/mol. The van der Waals surface area contributed by atoms with Crippen molar-refractivity contribution < 1.29 is 37.6 Å². The SMILES string of the molecule is CC/C=C\C/C=C\C/C=C\C/C=C\C/C=C\C/C=C\C/C=C\CCCCCCCCCCCCCCCCCCCC(=O)OC(COC(=O)CCCCCCC/C=C\C/C=C\CCC)COP(=O)(O)OCCN. The minimum absolute atomic E-state index is 0.0483. The van der Waals surface area contributed by atoms with Crippen molar-refractivity contribution in [1.82, 2.24) is 0 Å². The zero-order valence-corrected chi connectivity index (χ0v) is 47.5. The third-order valence-corrected chi connectivity index (χ3v) is 13.1. The molecule has 0 fully saturated rings. The molecule has 73 heavy (non-hydrogen) atoms. The lowest BCUT2D eigenvalue weighted by molar-refractivity contribution is -0.161. The number of rotatable bonds is 54. The third-order valence-electron chi connectivity index (χ3n) is 12.1. The highest BCUT2D eigenvalue weighted by atomic mass is 31.2. The summed E-state index contributed by atoms with van der Waals surface area (Å²) in [7, 11) is -4.39. The maximum Gasteiger partial charge on any atom is 0.472 e. The van der Waals surface area contributed by atoms with Crippen molar-refractivity contribution >= 4 is 19.8 Å². The molecule has 0 spiro atoms. The summed E-state index contributed by atoms with van der Waals surface area (Å²) in [4.78, 5) is 35.1. The number of phosphoric acid groups is 1. The molecular formula is C63H108NO8P. The topological polar surface area (TPSA) is 134 Å². The summed E-state index contributed by atoms with van der Waals surface area (Å²) in [6, 6.07) is 0. The highest BCUT2D eigenvalue weighted by Gasteiger charge is 2.26. The maximum atomic E-state index is 12.7. The Morgan fingerprint density at radius 3 is 1.12 bits per heavy atom. The predicted molar refractivity (Wildman–Crippen MR) is 311 cm³/mol. The maximum absolute atomic E-state index is 12.7. The van der Waals surface area contributed by atoms with Crippen LogP contribution in [-0.2, 0) is 32.7 Å². The predicted octanol–water partition coefficient (Wildman–Crippen LogP) is 18.6. The van der Waals surface area contributed by atoms with Crippen molar-refractivity contribution in [3.05, 3.63) is 109 Å². The van der Waals surface area contributed by atoms with Gasteiger partial charge in [-0.2, -0.15) is 0 Å². The summed E-state index contributed by atoms with van der Waals surface area (Å²) in [6.45, 7) is 3.54. The normalized spacial score (nSPS) is 13.9. The summed E-state index contributed by atoms with van der Waals surface area (Å²) >= 11 is 0. The van der Waals surface area contributed by atoms with E-state index in [4.69, 9.17) is 24.3 Å². The second kappa shape index (κ2) is 57.9. The number of ether oxygens (including phenoxy) is 2. The van der Waals surface area contributed by atoms with E-state index in [1.165, 1.54) is 96.3 Å². The Morgan fingerprint density at radius 1 is 0.425 bits per heavy atom. The fourth-order valence-corrected chi connectivity index (χ4v) is 8.60. The van der Waals surface area contributed by atoms with Gasteiger partial charge in [0.25, 0.3) is 0 Å². The van der Waals surface area contributed by atoms with E-state index in [1.807, 2.05) is 0 Å². The van der Waals surface area contributed by atoms with E-state index in [2.05, 4.69) is 123 Å². The van der Waals surface area contributed by atoms with Gasteiger partial charge in [0.05, 0.1) is 13.2 Å². The molecule has 0 radical (unpaired) electrons. The van der Waals surface area contributed by atoms with Crippen molar-refractivity contribution in [1.29, 1.82) is 0 Å². The van der Waals surface area contributed by atoms with Gasteiger partial charge in [0.2, 0.25) is 0 Å². The van der Waals surface area contributed by atoms with Crippen molar-refractivity contribution in [3.8, 4) is 0 Å². The quantitative estimate of drug-likeness (QED) is 0.0264. The largest absolute Gasteiger partial charge is 0.472 e. The molecule has 0 aromatic carbocycles. The second-order valence-electron chi connectivity index (χ2n) is 19.1. The van der Waals surface area contributed by atoms with Gasteiger partial charge in [-0.3, -0.25) is 18.6 Å². The van der Waals surface area contributed by atoms with Crippen LogP contribution in [0.4, 0.5) is 0 Å². The molecule has 3 N–H and O–H groups in total. The number of carbonyl (C=O) groups is 2. The van der Waals surface area contributed by atoms with Gasteiger partial charge in [-0.1, -0.05) is 245 Å². The van der Waals surface area contributed by atoms with Gasteiger partial charge >= 0.3 is 19.8 Å². The van der Waals surface area contributed by atoms with Crippen LogP contribution in [-0.4, -0.2) is 49.3 Å². The molecule has 0 heterocycles. The van der Waals surface area contributed by atoms with Gasteiger partial charge in [-0.15, -0.1) is 0 Å². The third kappa shape index (κ3) is 57.8. The fraction of sp³-hybridized carbons (Fsp3) is 0.683. The molecule has 0 amide bonds. The monoisotopic (exact) mass is 1040 g/mol. The Morgan fingerprint density at radius 2 is 0.753 bits per heavy atom. The van der Waals surface area contributed by atoms with Gasteiger partial charge in [-0.05, 0) is 96.3 Å². The fourth-order valence-electron chi connectivity index (χ4n) is 7.83. The molecule has 2 atom stereocenters. The van der Waals surface area contributed by atoms with Crippen molar-refractivity contribution in [3.63, 3.8) is 0 Å². The van der Waals surface area contributed by atoms with E-state index < -0.39 is 32.5 Å². The Kier molecular flexibility index (Phi) is 55.3. The van der Waals surface area contributed by atoms with E-state index in [0.717, 1.165) is 109 Å². The van der Waals surface area contributed by atoms with Gasteiger partial charge in [-0.25, -0.2) is 4.57 Å². The first-order chi connectivity index (χ1) is 35.8. The molecule has 9 nitrogen and oxygen atoms in total. The Hall–Kier alpha value is -3.33. The molecule has 0 aliphatic rings. The highest BCUT2D eigenvalue weighted by Crippen LogP contribution is 2.43. The first kappa shape index (κ1) is 69.7. The molecule has 0 saturated heterocycles. The van der Waals surface area contributed by atoms with Crippen molar-refractivity contribution in [2.45, 2.75) is 251 Å². The van der Waals surface area contributed by atoms with Crippen LogP contribution in [0, 0.1) is 0 Å². The molecule has 0 bridgehead atoms. The zero-order valence-electron chi connectivity index (χ0n) is 46.6.